The topological polar surface area (TPSA) is 29.1 Å². The molecule has 1 atom stereocenters. The van der Waals surface area contributed by atoms with E-state index < -0.39 is 0 Å². The van der Waals surface area contributed by atoms with Gasteiger partial charge in [-0.25, -0.2) is 0 Å². The molecule has 0 aliphatic carbocycles. The number of halogens is 1. The van der Waals surface area contributed by atoms with Crippen molar-refractivity contribution in [1.29, 1.82) is 0 Å². The summed E-state index contributed by atoms with van der Waals surface area (Å²) in [7, 11) is 0. The average molecular weight is 350 g/mol. The molecule has 1 amide bonds. The molecule has 2 aromatic heterocycles. The number of hydrogen-bond acceptors (Lipinski definition) is 3. The molecule has 0 radical (unpaired) electrons. The first-order valence-corrected chi connectivity index (χ1v) is 9.16. The number of thiophene rings is 2. The van der Waals surface area contributed by atoms with E-state index in [0.717, 1.165) is 10.1 Å². The highest BCUT2D eigenvalue weighted by molar-refractivity contribution is 7.21. The van der Waals surface area contributed by atoms with Crippen LogP contribution in [-0.4, -0.2) is 5.91 Å². The van der Waals surface area contributed by atoms with Crippen LogP contribution in [0.1, 0.15) is 34.4 Å². The van der Waals surface area contributed by atoms with Crippen molar-refractivity contribution in [3.8, 4) is 0 Å². The number of carbonyl (C=O) groups excluding carboxylic acids is 1. The number of benzene rings is 1. The molecule has 0 bridgehead atoms. The summed E-state index contributed by atoms with van der Waals surface area (Å²) in [6, 6.07) is 11.9. The summed E-state index contributed by atoms with van der Waals surface area (Å²) in [6.07, 6.45) is 0. The zero-order valence-electron chi connectivity index (χ0n) is 12.3. The van der Waals surface area contributed by atoms with E-state index in [1.807, 2.05) is 35.7 Å². The van der Waals surface area contributed by atoms with Gasteiger partial charge in [0.25, 0.3) is 5.91 Å². The smallest absolute Gasteiger partial charge is 0.263 e. The highest BCUT2D eigenvalue weighted by Gasteiger charge is 2.23. The maximum atomic E-state index is 12.7. The quantitative estimate of drug-likeness (QED) is 0.639. The predicted octanol–water partition coefficient (Wildman–Crippen LogP) is 5.74. The number of carbonyl (C=O) groups is 1. The third-order valence-corrected chi connectivity index (χ3v) is 6.17. The van der Waals surface area contributed by atoms with Crippen LogP contribution in [0.4, 0.5) is 0 Å². The Labute approximate surface area is 142 Å². The fourth-order valence-corrected chi connectivity index (χ4v) is 4.77. The standard InChI is InChI=1S/C17H16ClNOS2/c1-10(2)15(13-8-5-9-21-13)19-17(20)16-14(18)11-6-3-4-7-12(11)22-16/h3-10,15H,1-2H3,(H,19,20). The van der Waals surface area contributed by atoms with Gasteiger partial charge in [-0.3, -0.25) is 4.79 Å². The maximum absolute atomic E-state index is 12.7. The van der Waals surface area contributed by atoms with Crippen molar-refractivity contribution in [2.24, 2.45) is 5.92 Å². The lowest BCUT2D eigenvalue weighted by atomic mass is 10.0. The van der Waals surface area contributed by atoms with E-state index in [1.54, 1.807) is 11.3 Å². The van der Waals surface area contributed by atoms with Crippen LogP contribution in [0.25, 0.3) is 10.1 Å². The van der Waals surface area contributed by atoms with E-state index in [9.17, 15) is 4.79 Å². The Bertz CT molecular complexity index is 792. The third-order valence-electron chi connectivity index (χ3n) is 3.54. The van der Waals surface area contributed by atoms with Crippen LogP contribution in [0.5, 0.6) is 0 Å². The largest absolute Gasteiger partial charge is 0.343 e. The molecule has 0 aliphatic rings. The number of amides is 1. The number of fused-ring (bicyclic) bond motifs is 1. The van der Waals surface area contributed by atoms with Crippen LogP contribution < -0.4 is 5.32 Å². The fourth-order valence-electron chi connectivity index (χ4n) is 2.40. The summed E-state index contributed by atoms with van der Waals surface area (Å²) in [4.78, 5) is 14.4. The number of rotatable bonds is 4. The van der Waals surface area contributed by atoms with Crippen LogP contribution in [0.3, 0.4) is 0 Å². The molecule has 22 heavy (non-hydrogen) atoms. The monoisotopic (exact) mass is 349 g/mol. The summed E-state index contributed by atoms with van der Waals surface area (Å²) in [5.74, 6) is 0.217. The maximum Gasteiger partial charge on any atom is 0.263 e. The zero-order chi connectivity index (χ0) is 15.7. The highest BCUT2D eigenvalue weighted by Crippen LogP contribution is 2.36. The van der Waals surface area contributed by atoms with Crippen LogP contribution in [0.2, 0.25) is 5.02 Å². The van der Waals surface area contributed by atoms with Crippen molar-refractivity contribution >= 4 is 50.3 Å². The fraction of sp³-hybridized carbons (Fsp3) is 0.235. The van der Waals surface area contributed by atoms with Gasteiger partial charge < -0.3 is 5.32 Å². The Balaban J connectivity index is 1.90. The molecule has 0 fully saturated rings. The Morgan fingerprint density at radius 1 is 1.18 bits per heavy atom. The lowest BCUT2D eigenvalue weighted by Gasteiger charge is -2.21. The minimum atomic E-state index is -0.0988. The molecule has 1 unspecified atom stereocenters. The lowest BCUT2D eigenvalue weighted by molar-refractivity contribution is 0.0931. The molecule has 5 heteroatoms. The van der Waals surface area contributed by atoms with E-state index in [1.165, 1.54) is 16.2 Å². The van der Waals surface area contributed by atoms with Crippen LogP contribution in [0.15, 0.2) is 41.8 Å². The van der Waals surface area contributed by atoms with Crippen molar-refractivity contribution in [3.05, 3.63) is 56.6 Å². The van der Waals surface area contributed by atoms with Gasteiger partial charge in [0, 0.05) is 15.0 Å². The van der Waals surface area contributed by atoms with Gasteiger partial charge in [0.1, 0.15) is 4.88 Å². The average Bonchev–Trinajstić information content (AvgIpc) is 3.13. The molecule has 3 rings (SSSR count). The lowest BCUT2D eigenvalue weighted by Crippen LogP contribution is -2.30. The van der Waals surface area contributed by atoms with E-state index in [-0.39, 0.29) is 11.9 Å². The highest BCUT2D eigenvalue weighted by atomic mass is 35.5. The van der Waals surface area contributed by atoms with Crippen LogP contribution in [-0.2, 0) is 0 Å². The van der Waals surface area contributed by atoms with Gasteiger partial charge in [-0.15, -0.1) is 22.7 Å². The van der Waals surface area contributed by atoms with Gasteiger partial charge in [0.05, 0.1) is 11.1 Å². The van der Waals surface area contributed by atoms with Gasteiger partial charge in [-0.05, 0) is 23.4 Å². The van der Waals surface area contributed by atoms with Crippen LogP contribution >= 0.6 is 34.3 Å². The van der Waals surface area contributed by atoms with Crippen molar-refractivity contribution in [2.45, 2.75) is 19.9 Å². The van der Waals surface area contributed by atoms with Crippen LogP contribution in [0, 0.1) is 5.92 Å². The molecule has 114 valence electrons. The second kappa shape index (κ2) is 6.41. The van der Waals surface area contributed by atoms with E-state index in [0.29, 0.717) is 15.8 Å². The summed E-state index contributed by atoms with van der Waals surface area (Å²) < 4.78 is 1.04. The minimum absolute atomic E-state index is 0.00813. The molecule has 0 saturated carbocycles. The normalized spacial score (nSPS) is 12.7. The first-order valence-electron chi connectivity index (χ1n) is 7.09. The first-order chi connectivity index (χ1) is 10.6. The summed E-state index contributed by atoms with van der Waals surface area (Å²) in [5.41, 5.74) is 0. The molecule has 3 aromatic rings. The third kappa shape index (κ3) is 2.91. The molecular formula is C17H16ClNOS2. The molecule has 0 spiro atoms. The number of nitrogens with one attached hydrogen (secondary N) is 1. The molecular weight excluding hydrogens is 334 g/mol. The Hall–Kier alpha value is -1.36. The Morgan fingerprint density at radius 2 is 1.95 bits per heavy atom. The van der Waals surface area contributed by atoms with Crippen molar-refractivity contribution in [3.63, 3.8) is 0 Å². The van der Waals surface area contributed by atoms with Crippen molar-refractivity contribution in [1.82, 2.24) is 5.32 Å². The molecule has 2 heterocycles. The van der Waals surface area contributed by atoms with E-state index in [4.69, 9.17) is 11.6 Å². The summed E-state index contributed by atoms with van der Waals surface area (Å²) in [6.45, 7) is 4.22. The molecule has 0 saturated heterocycles. The SMILES string of the molecule is CC(C)C(NC(=O)c1sc2ccccc2c1Cl)c1cccs1. The molecule has 2 nitrogen and oxygen atoms in total. The second-order valence-electron chi connectivity index (χ2n) is 5.45. The van der Waals surface area contributed by atoms with E-state index >= 15 is 0 Å². The van der Waals surface area contributed by atoms with Gasteiger partial charge in [0.2, 0.25) is 0 Å². The Kier molecular flexibility index (Phi) is 4.52. The van der Waals surface area contributed by atoms with Gasteiger partial charge >= 0.3 is 0 Å². The molecule has 1 N–H and O–H groups in total. The predicted molar refractivity (Wildman–Crippen MR) is 96.2 cm³/mol. The molecule has 0 aliphatic heterocycles. The number of hydrogen-bond donors (Lipinski definition) is 1. The summed E-state index contributed by atoms with van der Waals surface area (Å²) >= 11 is 9.50. The van der Waals surface area contributed by atoms with Gasteiger partial charge in [-0.2, -0.15) is 0 Å². The second-order valence-corrected chi connectivity index (χ2v) is 7.86. The first kappa shape index (κ1) is 15.5. The molecule has 1 aromatic carbocycles. The zero-order valence-corrected chi connectivity index (χ0v) is 14.7. The van der Waals surface area contributed by atoms with Crippen molar-refractivity contribution in [2.75, 3.05) is 0 Å². The van der Waals surface area contributed by atoms with Gasteiger partial charge in [-0.1, -0.05) is 49.7 Å². The van der Waals surface area contributed by atoms with E-state index in [2.05, 4.69) is 25.2 Å². The van der Waals surface area contributed by atoms with Crippen molar-refractivity contribution < 1.29 is 4.79 Å². The Morgan fingerprint density at radius 3 is 2.59 bits per heavy atom. The minimum Gasteiger partial charge on any atom is -0.343 e. The summed E-state index contributed by atoms with van der Waals surface area (Å²) in [5, 5.41) is 6.65. The van der Waals surface area contributed by atoms with Gasteiger partial charge in [0.15, 0.2) is 0 Å².